The molecule has 1 aromatic rings. The van der Waals surface area contributed by atoms with Crippen LogP contribution in [0.1, 0.15) is 13.3 Å². The van der Waals surface area contributed by atoms with Gasteiger partial charge in [-0.2, -0.15) is 0 Å². The molecule has 7 heteroatoms. The molecule has 1 saturated heterocycles. The summed E-state index contributed by atoms with van der Waals surface area (Å²) < 4.78 is -0.218. The zero-order valence-corrected chi connectivity index (χ0v) is 14.4. The monoisotopic (exact) mass is 402 g/mol. The van der Waals surface area contributed by atoms with Gasteiger partial charge in [-0.15, -0.1) is 0 Å². The maximum absolute atomic E-state index is 12.6. The van der Waals surface area contributed by atoms with E-state index in [1.54, 1.807) is 12.4 Å². The van der Waals surface area contributed by atoms with Crippen molar-refractivity contribution < 1.29 is 4.79 Å². The van der Waals surface area contributed by atoms with Crippen molar-refractivity contribution in [1.29, 1.82) is 0 Å². The molecule has 0 bridgehead atoms. The van der Waals surface area contributed by atoms with Crippen molar-refractivity contribution >= 4 is 43.7 Å². The first kappa shape index (κ1) is 14.3. The molecule has 1 atom stereocenters. The Balaban J connectivity index is 1.61. The van der Waals surface area contributed by atoms with Crippen molar-refractivity contribution in [3.8, 4) is 0 Å². The lowest BCUT2D eigenvalue weighted by Gasteiger charge is -2.36. The molecular formula is C13H16Br2N4O. The van der Waals surface area contributed by atoms with E-state index >= 15 is 0 Å². The summed E-state index contributed by atoms with van der Waals surface area (Å²) in [6.45, 7) is 5.02. The lowest BCUT2D eigenvalue weighted by atomic mass is 10.1. The highest BCUT2D eigenvalue weighted by Gasteiger charge is 2.67. The fourth-order valence-corrected chi connectivity index (χ4v) is 4.01. The quantitative estimate of drug-likeness (QED) is 0.709. The molecule has 2 fully saturated rings. The zero-order valence-electron chi connectivity index (χ0n) is 11.2. The molecule has 0 unspecified atom stereocenters. The van der Waals surface area contributed by atoms with Gasteiger partial charge in [-0.1, -0.05) is 31.9 Å². The Morgan fingerprint density at radius 2 is 1.75 bits per heavy atom. The van der Waals surface area contributed by atoms with Crippen LogP contribution in [0.5, 0.6) is 0 Å². The lowest BCUT2D eigenvalue weighted by Crippen LogP contribution is -2.51. The number of hydrogen-bond acceptors (Lipinski definition) is 4. The number of halogens is 2. The summed E-state index contributed by atoms with van der Waals surface area (Å²) in [5, 5.41) is 0. The topological polar surface area (TPSA) is 49.3 Å². The van der Waals surface area contributed by atoms with Gasteiger partial charge in [0.1, 0.15) is 0 Å². The minimum atomic E-state index is -0.321. The number of alkyl halides is 2. The lowest BCUT2D eigenvalue weighted by molar-refractivity contribution is -0.136. The van der Waals surface area contributed by atoms with E-state index in [1.807, 2.05) is 17.9 Å². The van der Waals surface area contributed by atoms with Crippen molar-refractivity contribution in [1.82, 2.24) is 14.9 Å². The highest BCUT2D eigenvalue weighted by molar-refractivity contribution is 9.25. The Bertz CT molecular complexity index is 516. The van der Waals surface area contributed by atoms with Crippen LogP contribution in [0.2, 0.25) is 0 Å². The van der Waals surface area contributed by atoms with E-state index in [1.165, 1.54) is 0 Å². The average Bonchev–Trinajstić information content (AvgIpc) is 2.99. The van der Waals surface area contributed by atoms with E-state index in [0.717, 1.165) is 38.5 Å². The summed E-state index contributed by atoms with van der Waals surface area (Å²) in [6.07, 6.45) is 4.32. The predicted octanol–water partition coefficient (Wildman–Crippen LogP) is 2.02. The molecule has 0 radical (unpaired) electrons. The fourth-order valence-electron chi connectivity index (χ4n) is 2.54. The average molecular weight is 404 g/mol. The molecule has 2 heterocycles. The normalized spacial score (nSPS) is 28.4. The van der Waals surface area contributed by atoms with Crippen LogP contribution < -0.4 is 4.90 Å². The molecule has 108 valence electrons. The zero-order chi connectivity index (χ0) is 14.4. The molecule has 3 rings (SSSR count). The highest BCUT2D eigenvalue weighted by Crippen LogP contribution is 2.66. The summed E-state index contributed by atoms with van der Waals surface area (Å²) in [7, 11) is 0. The Hall–Kier alpha value is -0.690. The van der Waals surface area contributed by atoms with Crippen LogP contribution in [0.15, 0.2) is 18.5 Å². The molecule has 0 aromatic carbocycles. The summed E-state index contributed by atoms with van der Waals surface area (Å²) in [5.74, 6) is 0.965. The number of amides is 1. The van der Waals surface area contributed by atoms with Crippen molar-refractivity contribution in [3.63, 3.8) is 0 Å². The number of aromatic nitrogens is 2. The standard InChI is InChI=1S/C13H16Br2N4O/c1-12(9-13(12,14)15)10(20)18-5-7-19(8-6-18)11-16-3-2-4-17-11/h2-4H,5-9H2,1H3/t12-/m1/s1. The van der Waals surface area contributed by atoms with Gasteiger partial charge in [-0.05, 0) is 19.4 Å². The summed E-state index contributed by atoms with van der Waals surface area (Å²) in [6, 6.07) is 1.81. The summed E-state index contributed by atoms with van der Waals surface area (Å²) >= 11 is 7.13. The van der Waals surface area contributed by atoms with Crippen molar-refractivity contribution in [2.45, 2.75) is 16.6 Å². The molecule has 1 aliphatic carbocycles. The van der Waals surface area contributed by atoms with Gasteiger partial charge in [0.25, 0.3) is 0 Å². The number of carbonyl (C=O) groups excluding carboxylic acids is 1. The Kier molecular flexibility index (Phi) is 3.52. The third-order valence-electron chi connectivity index (χ3n) is 4.13. The van der Waals surface area contributed by atoms with Crippen LogP contribution in [0, 0.1) is 5.41 Å². The maximum Gasteiger partial charge on any atom is 0.231 e. The largest absolute Gasteiger partial charge is 0.339 e. The Labute approximate surface area is 135 Å². The van der Waals surface area contributed by atoms with Gasteiger partial charge in [0.05, 0.1) is 8.65 Å². The third kappa shape index (κ3) is 2.35. The second kappa shape index (κ2) is 4.94. The van der Waals surface area contributed by atoms with Gasteiger partial charge in [0.2, 0.25) is 11.9 Å². The van der Waals surface area contributed by atoms with Crippen molar-refractivity contribution in [3.05, 3.63) is 18.5 Å². The van der Waals surface area contributed by atoms with Crippen molar-refractivity contribution in [2.24, 2.45) is 5.41 Å². The van der Waals surface area contributed by atoms with E-state index < -0.39 is 0 Å². The Morgan fingerprint density at radius 3 is 2.25 bits per heavy atom. The fraction of sp³-hybridized carbons (Fsp3) is 0.615. The van der Waals surface area contributed by atoms with Crippen molar-refractivity contribution in [2.75, 3.05) is 31.1 Å². The first-order valence-corrected chi connectivity index (χ1v) is 8.22. The molecular weight excluding hydrogens is 388 g/mol. The molecule has 1 saturated carbocycles. The summed E-state index contributed by atoms with van der Waals surface area (Å²) in [5.41, 5.74) is -0.321. The van der Waals surface area contributed by atoms with E-state index in [-0.39, 0.29) is 14.6 Å². The second-order valence-corrected chi connectivity index (χ2v) is 9.31. The van der Waals surface area contributed by atoms with Crippen LogP contribution in [0.3, 0.4) is 0 Å². The number of piperazine rings is 1. The molecule has 1 amide bonds. The predicted molar refractivity (Wildman–Crippen MR) is 84.1 cm³/mol. The van der Waals surface area contributed by atoms with Gasteiger partial charge in [-0.25, -0.2) is 9.97 Å². The molecule has 1 aromatic heterocycles. The van der Waals surface area contributed by atoms with Crippen LogP contribution in [0.25, 0.3) is 0 Å². The van der Waals surface area contributed by atoms with E-state index in [0.29, 0.717) is 0 Å². The van der Waals surface area contributed by atoms with E-state index in [4.69, 9.17) is 0 Å². The number of anilines is 1. The molecule has 0 spiro atoms. The third-order valence-corrected chi connectivity index (χ3v) is 6.44. The number of nitrogens with zero attached hydrogens (tertiary/aromatic N) is 4. The summed E-state index contributed by atoms with van der Waals surface area (Å²) in [4.78, 5) is 25.1. The molecule has 0 N–H and O–H groups in total. The van der Waals surface area contributed by atoms with Crippen LogP contribution >= 0.6 is 31.9 Å². The van der Waals surface area contributed by atoms with E-state index in [2.05, 4.69) is 46.7 Å². The first-order chi connectivity index (χ1) is 9.44. The Morgan fingerprint density at radius 1 is 1.20 bits per heavy atom. The number of rotatable bonds is 2. The van der Waals surface area contributed by atoms with E-state index in [9.17, 15) is 4.79 Å². The van der Waals surface area contributed by atoms with Crippen LogP contribution in [-0.4, -0.2) is 50.2 Å². The second-order valence-electron chi connectivity index (χ2n) is 5.54. The SMILES string of the molecule is C[C@]1(C(=O)N2CCN(c3ncccn3)CC2)CC1(Br)Br. The molecule has 1 aliphatic heterocycles. The van der Waals surface area contributed by atoms with Gasteiger partial charge in [-0.3, -0.25) is 4.79 Å². The number of carbonyl (C=O) groups is 1. The van der Waals surface area contributed by atoms with Crippen LogP contribution in [-0.2, 0) is 4.79 Å². The molecule has 20 heavy (non-hydrogen) atoms. The number of hydrogen-bond donors (Lipinski definition) is 0. The van der Waals surface area contributed by atoms with Gasteiger partial charge in [0, 0.05) is 38.6 Å². The van der Waals surface area contributed by atoms with Gasteiger partial charge >= 0.3 is 0 Å². The molecule has 2 aliphatic rings. The first-order valence-electron chi connectivity index (χ1n) is 6.63. The maximum atomic E-state index is 12.6. The molecule has 5 nitrogen and oxygen atoms in total. The minimum absolute atomic E-state index is 0.218. The minimum Gasteiger partial charge on any atom is -0.339 e. The smallest absolute Gasteiger partial charge is 0.231 e. The van der Waals surface area contributed by atoms with Gasteiger partial charge in [0.15, 0.2) is 0 Å². The van der Waals surface area contributed by atoms with Gasteiger partial charge < -0.3 is 9.80 Å². The highest BCUT2D eigenvalue weighted by atomic mass is 79.9. The van der Waals surface area contributed by atoms with Crippen LogP contribution in [0.4, 0.5) is 5.95 Å².